The molecule has 1 aromatic carbocycles. The predicted molar refractivity (Wildman–Crippen MR) is 92.6 cm³/mol. The van der Waals surface area contributed by atoms with Gasteiger partial charge in [-0.2, -0.15) is 0 Å². The highest BCUT2D eigenvalue weighted by molar-refractivity contribution is 5.36. The van der Waals surface area contributed by atoms with E-state index in [1.165, 1.54) is 69.8 Å². The number of nitrogens with two attached hydrogens (primary N) is 1. The minimum absolute atomic E-state index is 0.156. The summed E-state index contributed by atoms with van der Waals surface area (Å²) in [6.45, 7) is 4.48. The molecule has 0 spiro atoms. The Bertz CT molecular complexity index is 433. The summed E-state index contributed by atoms with van der Waals surface area (Å²) < 4.78 is 0. The van der Waals surface area contributed by atoms with Crippen molar-refractivity contribution < 1.29 is 0 Å². The Morgan fingerprint density at radius 2 is 1.62 bits per heavy atom. The van der Waals surface area contributed by atoms with E-state index in [9.17, 15) is 0 Å². The van der Waals surface area contributed by atoms with Gasteiger partial charge < -0.3 is 5.73 Å². The molecule has 0 heterocycles. The zero-order chi connectivity index (χ0) is 15.1. The fourth-order valence-corrected chi connectivity index (χ4v) is 3.51. The van der Waals surface area contributed by atoms with Crippen LogP contribution < -0.4 is 5.73 Å². The van der Waals surface area contributed by atoms with E-state index >= 15 is 0 Å². The molecule has 0 aromatic heterocycles. The summed E-state index contributed by atoms with van der Waals surface area (Å²) in [5, 5.41) is 0. The Balaban J connectivity index is 1.86. The van der Waals surface area contributed by atoms with Gasteiger partial charge in [-0.05, 0) is 55.7 Å². The van der Waals surface area contributed by atoms with Crippen LogP contribution >= 0.6 is 0 Å². The van der Waals surface area contributed by atoms with Gasteiger partial charge in [0.05, 0.1) is 0 Å². The van der Waals surface area contributed by atoms with E-state index in [0.29, 0.717) is 0 Å². The molecule has 1 unspecified atom stereocenters. The highest BCUT2D eigenvalue weighted by atomic mass is 14.7. The molecule has 0 amide bonds. The van der Waals surface area contributed by atoms with E-state index in [1.54, 1.807) is 11.1 Å². The first kappa shape index (κ1) is 16.5. The SMILES string of the molecule is CCCCCCCCC(C)(N)c1ccc2c(c1)CCCC2. The van der Waals surface area contributed by atoms with E-state index in [1.807, 2.05) is 0 Å². The summed E-state index contributed by atoms with van der Waals surface area (Å²) in [5.74, 6) is 0. The van der Waals surface area contributed by atoms with Crippen LogP contribution in [0.4, 0.5) is 0 Å². The Kier molecular flexibility index (Phi) is 6.29. The van der Waals surface area contributed by atoms with Crippen molar-refractivity contribution in [3.05, 3.63) is 34.9 Å². The van der Waals surface area contributed by atoms with Crippen LogP contribution in [-0.4, -0.2) is 0 Å². The van der Waals surface area contributed by atoms with E-state index in [0.717, 1.165) is 6.42 Å². The molecular formula is C20H33N. The number of rotatable bonds is 8. The lowest BCUT2D eigenvalue weighted by atomic mass is 9.83. The second kappa shape index (κ2) is 7.98. The lowest BCUT2D eigenvalue weighted by Gasteiger charge is -2.27. The van der Waals surface area contributed by atoms with Gasteiger partial charge in [0, 0.05) is 5.54 Å². The molecule has 1 aromatic rings. The topological polar surface area (TPSA) is 26.0 Å². The minimum atomic E-state index is -0.156. The molecule has 2 N–H and O–H groups in total. The molecule has 118 valence electrons. The van der Waals surface area contributed by atoms with Crippen molar-refractivity contribution >= 4 is 0 Å². The summed E-state index contributed by atoms with van der Waals surface area (Å²) in [7, 11) is 0. The molecule has 0 radical (unpaired) electrons. The lowest BCUT2D eigenvalue weighted by Crippen LogP contribution is -2.33. The molecule has 0 aliphatic heterocycles. The van der Waals surface area contributed by atoms with Gasteiger partial charge in [0.25, 0.3) is 0 Å². The molecule has 2 rings (SSSR count). The molecule has 0 saturated carbocycles. The average Bonchev–Trinajstić information content (AvgIpc) is 2.50. The van der Waals surface area contributed by atoms with Crippen LogP contribution in [0.1, 0.15) is 88.3 Å². The zero-order valence-electron chi connectivity index (χ0n) is 14.1. The van der Waals surface area contributed by atoms with Crippen molar-refractivity contribution in [2.45, 2.75) is 90.0 Å². The molecule has 1 aliphatic rings. The van der Waals surface area contributed by atoms with Crippen LogP contribution in [0.25, 0.3) is 0 Å². The van der Waals surface area contributed by atoms with Crippen LogP contribution in [-0.2, 0) is 18.4 Å². The number of fused-ring (bicyclic) bond motifs is 1. The summed E-state index contributed by atoms with van der Waals surface area (Å²) in [5.41, 5.74) is 10.9. The van der Waals surface area contributed by atoms with Crippen LogP contribution in [0.5, 0.6) is 0 Å². The third kappa shape index (κ3) is 4.85. The smallest absolute Gasteiger partial charge is 0.0381 e. The van der Waals surface area contributed by atoms with Gasteiger partial charge in [-0.3, -0.25) is 0 Å². The standard InChI is InChI=1S/C20H33N/c1-3-4-5-6-7-10-15-20(2,21)19-14-13-17-11-8-9-12-18(17)16-19/h13-14,16H,3-12,15,21H2,1-2H3. The van der Waals surface area contributed by atoms with Crippen molar-refractivity contribution in [2.75, 3.05) is 0 Å². The first-order valence-electron chi connectivity index (χ1n) is 9.04. The van der Waals surface area contributed by atoms with E-state index < -0.39 is 0 Å². The molecule has 0 fully saturated rings. The fourth-order valence-electron chi connectivity index (χ4n) is 3.51. The van der Waals surface area contributed by atoms with Crippen molar-refractivity contribution in [1.29, 1.82) is 0 Å². The maximum Gasteiger partial charge on any atom is 0.0381 e. The normalized spacial score (nSPS) is 17.3. The van der Waals surface area contributed by atoms with Crippen molar-refractivity contribution in [3.63, 3.8) is 0 Å². The van der Waals surface area contributed by atoms with E-state index in [2.05, 4.69) is 32.0 Å². The molecule has 21 heavy (non-hydrogen) atoms. The second-order valence-electron chi connectivity index (χ2n) is 7.13. The molecule has 1 heteroatoms. The van der Waals surface area contributed by atoms with Gasteiger partial charge in [0.1, 0.15) is 0 Å². The number of benzene rings is 1. The maximum absolute atomic E-state index is 6.61. The minimum Gasteiger partial charge on any atom is -0.322 e. The molecule has 0 saturated heterocycles. The number of aryl methyl sites for hydroxylation is 2. The van der Waals surface area contributed by atoms with Gasteiger partial charge in [0.2, 0.25) is 0 Å². The first-order valence-corrected chi connectivity index (χ1v) is 9.04. The monoisotopic (exact) mass is 287 g/mol. The van der Waals surface area contributed by atoms with Gasteiger partial charge in [0.15, 0.2) is 0 Å². The summed E-state index contributed by atoms with van der Waals surface area (Å²) in [4.78, 5) is 0. The Labute approximate surface area is 131 Å². The maximum atomic E-state index is 6.61. The summed E-state index contributed by atoms with van der Waals surface area (Å²) in [6, 6.07) is 7.00. The number of hydrogen-bond donors (Lipinski definition) is 1. The second-order valence-corrected chi connectivity index (χ2v) is 7.13. The summed E-state index contributed by atoms with van der Waals surface area (Å²) in [6.07, 6.45) is 14.4. The molecule has 1 aliphatic carbocycles. The van der Waals surface area contributed by atoms with Gasteiger partial charge in [-0.15, -0.1) is 0 Å². The van der Waals surface area contributed by atoms with Crippen LogP contribution in [0.2, 0.25) is 0 Å². The highest BCUT2D eigenvalue weighted by Gasteiger charge is 2.22. The lowest BCUT2D eigenvalue weighted by molar-refractivity contribution is 0.420. The third-order valence-corrected chi connectivity index (χ3v) is 5.06. The predicted octanol–water partition coefficient (Wildman–Crippen LogP) is 5.49. The van der Waals surface area contributed by atoms with Gasteiger partial charge in [-0.25, -0.2) is 0 Å². The Hall–Kier alpha value is -0.820. The van der Waals surface area contributed by atoms with Crippen molar-refractivity contribution in [3.8, 4) is 0 Å². The van der Waals surface area contributed by atoms with E-state index in [-0.39, 0.29) is 5.54 Å². The first-order chi connectivity index (χ1) is 10.1. The number of hydrogen-bond acceptors (Lipinski definition) is 1. The Morgan fingerprint density at radius 3 is 2.38 bits per heavy atom. The third-order valence-electron chi connectivity index (χ3n) is 5.06. The molecule has 1 atom stereocenters. The molecular weight excluding hydrogens is 254 g/mol. The van der Waals surface area contributed by atoms with Crippen LogP contribution in [0, 0.1) is 0 Å². The molecule has 1 nitrogen and oxygen atoms in total. The van der Waals surface area contributed by atoms with E-state index in [4.69, 9.17) is 5.73 Å². The van der Waals surface area contributed by atoms with Gasteiger partial charge in [-0.1, -0.05) is 63.6 Å². The number of unbranched alkanes of at least 4 members (excludes halogenated alkanes) is 5. The van der Waals surface area contributed by atoms with Crippen molar-refractivity contribution in [1.82, 2.24) is 0 Å². The quantitative estimate of drug-likeness (QED) is 0.629. The Morgan fingerprint density at radius 1 is 0.952 bits per heavy atom. The fraction of sp³-hybridized carbons (Fsp3) is 0.700. The summed E-state index contributed by atoms with van der Waals surface area (Å²) >= 11 is 0. The molecule has 0 bridgehead atoms. The van der Waals surface area contributed by atoms with Gasteiger partial charge >= 0.3 is 0 Å². The van der Waals surface area contributed by atoms with Crippen molar-refractivity contribution in [2.24, 2.45) is 5.73 Å². The average molecular weight is 287 g/mol. The largest absolute Gasteiger partial charge is 0.322 e. The van der Waals surface area contributed by atoms with Crippen LogP contribution in [0.15, 0.2) is 18.2 Å². The van der Waals surface area contributed by atoms with Crippen LogP contribution in [0.3, 0.4) is 0 Å². The highest BCUT2D eigenvalue weighted by Crippen LogP contribution is 2.29. The zero-order valence-corrected chi connectivity index (χ0v) is 14.1.